The smallest absolute Gasteiger partial charge is 0.0193 e. The third kappa shape index (κ3) is 8.38. The molecule has 0 amide bonds. The Morgan fingerprint density at radius 2 is 1.91 bits per heavy atom. The summed E-state index contributed by atoms with van der Waals surface area (Å²) in [5.74, 6) is 0. The second-order valence-corrected chi connectivity index (χ2v) is 6.54. The lowest BCUT2D eigenvalue weighted by atomic mass is 10.0. The Morgan fingerprint density at radius 3 is 2.55 bits per heavy atom. The second kappa shape index (κ2) is 11.5. The Kier molecular flexibility index (Phi) is 9.90. The molecule has 0 unspecified atom stereocenters. The summed E-state index contributed by atoms with van der Waals surface area (Å²) in [6.45, 7) is 12.5. The number of rotatable bonds is 10. The average molecular weight is 302 g/mol. The molecule has 0 N–H and O–H groups in total. The van der Waals surface area contributed by atoms with Crippen molar-refractivity contribution in [3.8, 4) is 0 Å². The first-order valence-electron chi connectivity index (χ1n) is 9.03. The summed E-state index contributed by atoms with van der Waals surface area (Å²) < 4.78 is 0. The van der Waals surface area contributed by atoms with Crippen LogP contribution in [-0.2, 0) is 0 Å². The second-order valence-electron chi connectivity index (χ2n) is 6.54. The van der Waals surface area contributed by atoms with Gasteiger partial charge in [-0.1, -0.05) is 54.9 Å². The Morgan fingerprint density at radius 1 is 1.14 bits per heavy atom. The third-order valence-corrected chi connectivity index (χ3v) is 4.28. The van der Waals surface area contributed by atoms with Crippen LogP contribution >= 0.6 is 0 Å². The molecule has 1 nitrogen and oxygen atoms in total. The van der Waals surface area contributed by atoms with Crippen LogP contribution in [0.4, 0.5) is 0 Å². The molecule has 0 saturated heterocycles. The van der Waals surface area contributed by atoms with Crippen LogP contribution in [0.2, 0.25) is 0 Å². The van der Waals surface area contributed by atoms with Gasteiger partial charge in [-0.05, 0) is 71.5 Å². The summed E-state index contributed by atoms with van der Waals surface area (Å²) in [5.41, 5.74) is 4.39. The number of allylic oxidation sites excluding steroid dienone is 7. The fraction of sp³-hybridized carbons (Fsp3) is 0.619. The van der Waals surface area contributed by atoms with Crippen LogP contribution < -0.4 is 0 Å². The normalized spacial score (nSPS) is 16.3. The fourth-order valence-corrected chi connectivity index (χ4v) is 2.80. The predicted octanol–water partition coefficient (Wildman–Crippen LogP) is 6.06. The maximum Gasteiger partial charge on any atom is 0.0193 e. The Bertz CT molecular complexity index is 423. The zero-order valence-electron chi connectivity index (χ0n) is 15.2. The molecule has 1 aliphatic rings. The minimum atomic E-state index is 1.11. The van der Waals surface area contributed by atoms with Gasteiger partial charge in [0.1, 0.15) is 0 Å². The SMILES string of the molecule is C/C=C(\C)CCCN(CCCC)C/C(C)=C/C1=CCCC=C1. The molecule has 0 aromatic rings. The molecule has 0 aromatic heterocycles. The van der Waals surface area contributed by atoms with Gasteiger partial charge in [-0.3, -0.25) is 4.90 Å². The molecule has 0 fully saturated rings. The maximum absolute atomic E-state index is 2.63. The van der Waals surface area contributed by atoms with E-state index in [9.17, 15) is 0 Å². The van der Waals surface area contributed by atoms with Crippen LogP contribution in [0.1, 0.15) is 66.2 Å². The van der Waals surface area contributed by atoms with E-state index in [-0.39, 0.29) is 0 Å². The minimum Gasteiger partial charge on any atom is -0.299 e. The number of hydrogen-bond donors (Lipinski definition) is 0. The predicted molar refractivity (Wildman–Crippen MR) is 100 cm³/mol. The highest BCUT2D eigenvalue weighted by Gasteiger charge is 2.06. The lowest BCUT2D eigenvalue weighted by Crippen LogP contribution is -2.28. The molecule has 0 radical (unpaired) electrons. The Labute approximate surface area is 138 Å². The molecule has 0 saturated carbocycles. The molecule has 0 spiro atoms. The molecular weight excluding hydrogens is 266 g/mol. The summed E-state index contributed by atoms with van der Waals surface area (Å²) in [7, 11) is 0. The van der Waals surface area contributed by atoms with Crippen LogP contribution in [0.25, 0.3) is 0 Å². The fourth-order valence-electron chi connectivity index (χ4n) is 2.80. The number of unbranched alkanes of at least 4 members (excludes halogenated alkanes) is 1. The van der Waals surface area contributed by atoms with Crippen LogP contribution in [0.15, 0.2) is 47.1 Å². The van der Waals surface area contributed by atoms with Crippen LogP contribution in [-0.4, -0.2) is 24.5 Å². The zero-order valence-corrected chi connectivity index (χ0v) is 15.2. The highest BCUT2D eigenvalue weighted by atomic mass is 15.1. The Hall–Kier alpha value is -1.08. The highest BCUT2D eigenvalue weighted by molar-refractivity contribution is 5.35. The average Bonchev–Trinajstić information content (AvgIpc) is 2.53. The Balaban J connectivity index is 2.49. The van der Waals surface area contributed by atoms with E-state index in [0.29, 0.717) is 0 Å². The van der Waals surface area contributed by atoms with Crippen molar-refractivity contribution in [2.24, 2.45) is 0 Å². The summed E-state index contributed by atoms with van der Waals surface area (Å²) >= 11 is 0. The maximum atomic E-state index is 2.63. The summed E-state index contributed by atoms with van der Waals surface area (Å²) in [5, 5.41) is 0. The van der Waals surface area contributed by atoms with E-state index in [2.05, 4.69) is 63.0 Å². The van der Waals surface area contributed by atoms with Gasteiger partial charge in [-0.15, -0.1) is 0 Å². The van der Waals surface area contributed by atoms with Gasteiger partial charge in [0.2, 0.25) is 0 Å². The summed E-state index contributed by atoms with van der Waals surface area (Å²) in [4.78, 5) is 2.63. The van der Waals surface area contributed by atoms with Crippen LogP contribution in [0.3, 0.4) is 0 Å². The standard InChI is InChI=1S/C21H35N/c1-5-7-15-22(16-11-12-19(3)6-2)18-20(4)17-21-13-9-8-10-14-21/h6,9,13-14,17H,5,7-8,10-12,15-16,18H2,1-4H3/b19-6+,20-17+. The van der Waals surface area contributed by atoms with Crippen molar-refractivity contribution < 1.29 is 0 Å². The van der Waals surface area contributed by atoms with Crippen molar-refractivity contribution in [2.75, 3.05) is 19.6 Å². The molecular formula is C21H35N. The van der Waals surface area contributed by atoms with E-state index in [1.165, 1.54) is 68.3 Å². The van der Waals surface area contributed by atoms with Crippen LogP contribution in [0.5, 0.6) is 0 Å². The summed E-state index contributed by atoms with van der Waals surface area (Å²) in [6, 6.07) is 0. The van der Waals surface area contributed by atoms with Gasteiger partial charge in [0.05, 0.1) is 0 Å². The van der Waals surface area contributed by atoms with Crippen molar-refractivity contribution >= 4 is 0 Å². The quantitative estimate of drug-likeness (QED) is 0.443. The van der Waals surface area contributed by atoms with Crippen molar-refractivity contribution in [1.82, 2.24) is 4.90 Å². The molecule has 124 valence electrons. The monoisotopic (exact) mass is 301 g/mol. The van der Waals surface area contributed by atoms with Gasteiger partial charge < -0.3 is 0 Å². The van der Waals surface area contributed by atoms with Crippen molar-refractivity contribution in [1.29, 1.82) is 0 Å². The molecule has 0 bridgehead atoms. The molecule has 1 aliphatic carbocycles. The van der Waals surface area contributed by atoms with Gasteiger partial charge in [-0.2, -0.15) is 0 Å². The van der Waals surface area contributed by atoms with E-state index >= 15 is 0 Å². The van der Waals surface area contributed by atoms with E-state index in [1.807, 2.05) is 0 Å². The van der Waals surface area contributed by atoms with E-state index in [1.54, 1.807) is 0 Å². The minimum absolute atomic E-state index is 1.11. The molecule has 22 heavy (non-hydrogen) atoms. The van der Waals surface area contributed by atoms with Gasteiger partial charge in [0, 0.05) is 6.54 Å². The molecule has 0 aliphatic heterocycles. The van der Waals surface area contributed by atoms with E-state index in [0.717, 1.165) is 6.54 Å². The molecule has 0 heterocycles. The lowest BCUT2D eigenvalue weighted by Gasteiger charge is -2.23. The largest absolute Gasteiger partial charge is 0.299 e. The zero-order chi connectivity index (χ0) is 16.2. The molecule has 1 rings (SSSR count). The van der Waals surface area contributed by atoms with E-state index in [4.69, 9.17) is 0 Å². The summed E-state index contributed by atoms with van der Waals surface area (Å²) in [6.07, 6.45) is 19.0. The van der Waals surface area contributed by atoms with Crippen molar-refractivity contribution in [3.05, 3.63) is 47.1 Å². The molecule has 0 atom stereocenters. The first kappa shape index (κ1) is 19.0. The first-order valence-corrected chi connectivity index (χ1v) is 9.03. The third-order valence-electron chi connectivity index (χ3n) is 4.28. The van der Waals surface area contributed by atoms with E-state index < -0.39 is 0 Å². The topological polar surface area (TPSA) is 3.24 Å². The van der Waals surface area contributed by atoms with Crippen molar-refractivity contribution in [3.63, 3.8) is 0 Å². The van der Waals surface area contributed by atoms with Crippen molar-refractivity contribution in [2.45, 2.75) is 66.2 Å². The van der Waals surface area contributed by atoms with Gasteiger partial charge in [-0.25, -0.2) is 0 Å². The van der Waals surface area contributed by atoms with Gasteiger partial charge in [0.15, 0.2) is 0 Å². The number of hydrogen-bond acceptors (Lipinski definition) is 1. The molecule has 1 heteroatoms. The van der Waals surface area contributed by atoms with Crippen LogP contribution in [0, 0.1) is 0 Å². The number of nitrogens with zero attached hydrogens (tertiary/aromatic N) is 1. The van der Waals surface area contributed by atoms with Gasteiger partial charge in [0.25, 0.3) is 0 Å². The molecule has 0 aromatic carbocycles. The lowest BCUT2D eigenvalue weighted by molar-refractivity contribution is 0.287. The van der Waals surface area contributed by atoms with Gasteiger partial charge >= 0.3 is 0 Å². The first-order chi connectivity index (χ1) is 10.7. The highest BCUT2D eigenvalue weighted by Crippen LogP contribution is 2.14.